The van der Waals surface area contributed by atoms with Gasteiger partial charge in [-0.25, -0.2) is 0 Å². The van der Waals surface area contributed by atoms with E-state index in [0.29, 0.717) is 0 Å². The lowest BCUT2D eigenvalue weighted by Gasteiger charge is -2.20. The molecule has 5 nitrogen and oxygen atoms in total. The van der Waals surface area contributed by atoms with Crippen LogP contribution < -0.4 is 10.2 Å². The van der Waals surface area contributed by atoms with Gasteiger partial charge >= 0.3 is 0 Å². The summed E-state index contributed by atoms with van der Waals surface area (Å²) in [5.74, 6) is 0.119. The molecule has 4 rings (SSSR count). The molecule has 0 radical (unpaired) electrons. The average molecular weight is 397 g/mol. The zero-order valence-corrected chi connectivity index (χ0v) is 16.8. The van der Waals surface area contributed by atoms with Crippen LogP contribution in [0.4, 0.5) is 16.5 Å². The van der Waals surface area contributed by atoms with Gasteiger partial charge in [0.2, 0.25) is 11.0 Å². The summed E-state index contributed by atoms with van der Waals surface area (Å²) in [6, 6.07) is 16.2. The summed E-state index contributed by atoms with van der Waals surface area (Å²) in [6.07, 6.45) is 0.919. The Bertz CT molecular complexity index is 972. The van der Waals surface area contributed by atoms with Gasteiger partial charge in [0.05, 0.1) is 5.25 Å². The molecule has 1 unspecified atom stereocenters. The van der Waals surface area contributed by atoms with Gasteiger partial charge in [-0.2, -0.15) is 0 Å². The van der Waals surface area contributed by atoms with E-state index in [1.165, 1.54) is 28.7 Å². The van der Waals surface area contributed by atoms with Gasteiger partial charge < -0.3 is 10.2 Å². The molecule has 3 aromatic rings. The number of hydrogen-bond acceptors (Lipinski definition) is 6. The van der Waals surface area contributed by atoms with E-state index in [0.717, 1.165) is 39.4 Å². The Morgan fingerprint density at radius 1 is 1.19 bits per heavy atom. The number of nitrogens with one attached hydrogen (secondary N) is 1. The highest BCUT2D eigenvalue weighted by molar-refractivity contribution is 8.02. The molecule has 1 amide bonds. The first-order chi connectivity index (χ1) is 13.1. The summed E-state index contributed by atoms with van der Waals surface area (Å²) in [6.45, 7) is 4.73. The lowest BCUT2D eigenvalue weighted by atomic mass is 10.2. The second-order valence-electron chi connectivity index (χ2n) is 6.44. The van der Waals surface area contributed by atoms with Crippen molar-refractivity contribution in [2.45, 2.75) is 29.9 Å². The number of amides is 1. The van der Waals surface area contributed by atoms with E-state index >= 15 is 0 Å². The minimum Gasteiger partial charge on any atom is -0.330 e. The second kappa shape index (κ2) is 7.70. The van der Waals surface area contributed by atoms with E-state index in [1.807, 2.05) is 61.2 Å². The molecule has 7 heteroatoms. The van der Waals surface area contributed by atoms with Gasteiger partial charge in [-0.05, 0) is 43.5 Å². The number of para-hydroxylation sites is 2. The van der Waals surface area contributed by atoms with Crippen molar-refractivity contribution in [2.75, 3.05) is 16.8 Å². The molecule has 1 atom stereocenters. The van der Waals surface area contributed by atoms with E-state index in [1.54, 1.807) is 0 Å². The lowest BCUT2D eigenvalue weighted by Crippen LogP contribution is -2.35. The lowest BCUT2D eigenvalue weighted by molar-refractivity contribution is -0.117. The molecule has 0 saturated carbocycles. The van der Waals surface area contributed by atoms with Crippen LogP contribution in [0.2, 0.25) is 0 Å². The third kappa shape index (κ3) is 3.84. The van der Waals surface area contributed by atoms with E-state index in [9.17, 15) is 4.79 Å². The average Bonchev–Trinajstić information content (AvgIpc) is 3.30. The van der Waals surface area contributed by atoms with Gasteiger partial charge in [0.25, 0.3) is 0 Å². The third-order valence-electron chi connectivity index (χ3n) is 4.57. The molecule has 0 aliphatic carbocycles. The molecule has 1 aliphatic heterocycles. The Morgan fingerprint density at radius 3 is 2.81 bits per heavy atom. The van der Waals surface area contributed by atoms with E-state index in [2.05, 4.69) is 21.6 Å². The van der Waals surface area contributed by atoms with Crippen LogP contribution in [-0.2, 0) is 11.2 Å². The number of fused-ring (bicyclic) bond motifs is 1. The molecule has 0 bridgehead atoms. The van der Waals surface area contributed by atoms with Crippen molar-refractivity contribution in [1.29, 1.82) is 0 Å². The predicted octanol–water partition coefficient (Wildman–Crippen LogP) is 4.66. The SMILES string of the molecule is Cc1ccccc1Nc1nnc(SC(C)C(=O)N2CCc3ccccc32)s1. The number of benzene rings is 2. The summed E-state index contributed by atoms with van der Waals surface area (Å²) in [5, 5.41) is 12.3. The quantitative estimate of drug-likeness (QED) is 0.636. The van der Waals surface area contributed by atoms with Crippen LogP contribution in [0.5, 0.6) is 0 Å². The van der Waals surface area contributed by atoms with Gasteiger partial charge in [0.1, 0.15) is 0 Å². The van der Waals surface area contributed by atoms with E-state index in [4.69, 9.17) is 0 Å². The van der Waals surface area contributed by atoms with Crippen molar-refractivity contribution >= 4 is 45.5 Å². The number of nitrogens with zero attached hydrogens (tertiary/aromatic N) is 3. The van der Waals surface area contributed by atoms with Crippen molar-refractivity contribution in [3.05, 3.63) is 59.7 Å². The first-order valence-corrected chi connectivity index (χ1v) is 10.5. The number of rotatable bonds is 5. The Morgan fingerprint density at radius 2 is 1.96 bits per heavy atom. The molecular formula is C20H20N4OS2. The fourth-order valence-corrected chi connectivity index (χ4v) is 5.09. The number of anilines is 3. The van der Waals surface area contributed by atoms with Crippen molar-refractivity contribution in [2.24, 2.45) is 0 Å². The molecule has 2 aromatic carbocycles. The first-order valence-electron chi connectivity index (χ1n) is 8.84. The Balaban J connectivity index is 1.42. The monoisotopic (exact) mass is 396 g/mol. The van der Waals surface area contributed by atoms with E-state index in [-0.39, 0.29) is 11.2 Å². The molecule has 1 aromatic heterocycles. The standard InChI is InChI=1S/C20H20N4OS2/c1-13-7-3-5-9-16(13)21-19-22-23-20(27-19)26-14(2)18(25)24-12-11-15-8-4-6-10-17(15)24/h3-10,14H,11-12H2,1-2H3,(H,21,22). The van der Waals surface area contributed by atoms with Crippen molar-refractivity contribution < 1.29 is 4.79 Å². The highest BCUT2D eigenvalue weighted by atomic mass is 32.2. The van der Waals surface area contributed by atoms with Crippen LogP contribution in [0.1, 0.15) is 18.1 Å². The number of aromatic nitrogens is 2. The predicted molar refractivity (Wildman–Crippen MR) is 112 cm³/mol. The topological polar surface area (TPSA) is 58.1 Å². The summed E-state index contributed by atoms with van der Waals surface area (Å²) >= 11 is 2.93. The summed E-state index contributed by atoms with van der Waals surface area (Å²) in [4.78, 5) is 14.8. The summed E-state index contributed by atoms with van der Waals surface area (Å²) in [5.41, 5.74) is 4.44. The van der Waals surface area contributed by atoms with E-state index < -0.39 is 0 Å². The molecular weight excluding hydrogens is 376 g/mol. The summed E-state index contributed by atoms with van der Waals surface area (Å²) < 4.78 is 0.791. The number of carbonyl (C=O) groups is 1. The van der Waals surface area contributed by atoms with Gasteiger partial charge in [-0.15, -0.1) is 10.2 Å². The number of aryl methyl sites for hydroxylation is 1. The molecule has 1 aliphatic rings. The Labute approximate surface area is 166 Å². The van der Waals surface area contributed by atoms with Crippen molar-refractivity contribution in [1.82, 2.24) is 10.2 Å². The molecule has 0 spiro atoms. The maximum Gasteiger partial charge on any atom is 0.240 e. The van der Waals surface area contributed by atoms with Gasteiger partial charge in [0, 0.05) is 17.9 Å². The van der Waals surface area contributed by atoms with Gasteiger partial charge in [-0.1, -0.05) is 59.5 Å². The molecule has 0 fully saturated rings. The molecule has 138 valence electrons. The van der Waals surface area contributed by atoms with Crippen LogP contribution in [0.15, 0.2) is 52.9 Å². The largest absolute Gasteiger partial charge is 0.330 e. The maximum absolute atomic E-state index is 12.9. The highest BCUT2D eigenvalue weighted by Crippen LogP contribution is 2.34. The zero-order chi connectivity index (χ0) is 18.8. The minimum atomic E-state index is -0.213. The molecule has 2 heterocycles. The smallest absolute Gasteiger partial charge is 0.240 e. The number of thioether (sulfide) groups is 1. The molecule has 27 heavy (non-hydrogen) atoms. The maximum atomic E-state index is 12.9. The number of carbonyl (C=O) groups excluding carboxylic acids is 1. The highest BCUT2D eigenvalue weighted by Gasteiger charge is 2.28. The normalized spacial score (nSPS) is 14.1. The van der Waals surface area contributed by atoms with Crippen LogP contribution in [-0.4, -0.2) is 27.9 Å². The number of hydrogen-bond donors (Lipinski definition) is 1. The minimum absolute atomic E-state index is 0.119. The third-order valence-corrected chi connectivity index (χ3v) is 6.58. The Hall–Kier alpha value is -2.38. The first kappa shape index (κ1) is 18.0. The fraction of sp³-hybridized carbons (Fsp3) is 0.250. The van der Waals surface area contributed by atoms with Crippen molar-refractivity contribution in [3.63, 3.8) is 0 Å². The van der Waals surface area contributed by atoms with Crippen LogP contribution in [0.25, 0.3) is 0 Å². The Kier molecular flexibility index (Phi) is 5.13. The van der Waals surface area contributed by atoms with Gasteiger partial charge in [-0.3, -0.25) is 4.79 Å². The summed E-state index contributed by atoms with van der Waals surface area (Å²) in [7, 11) is 0. The van der Waals surface area contributed by atoms with Crippen LogP contribution in [0, 0.1) is 6.92 Å². The second-order valence-corrected chi connectivity index (χ2v) is 9.01. The fourth-order valence-electron chi connectivity index (χ4n) is 3.12. The van der Waals surface area contributed by atoms with Crippen molar-refractivity contribution in [3.8, 4) is 0 Å². The molecule has 0 saturated heterocycles. The van der Waals surface area contributed by atoms with Crippen LogP contribution >= 0.6 is 23.1 Å². The van der Waals surface area contributed by atoms with Crippen LogP contribution in [0.3, 0.4) is 0 Å². The molecule has 1 N–H and O–H groups in total. The zero-order valence-electron chi connectivity index (χ0n) is 15.2. The van der Waals surface area contributed by atoms with Gasteiger partial charge in [0.15, 0.2) is 4.34 Å².